The molecule has 1 saturated heterocycles. The molecule has 1 atom stereocenters. The van der Waals surface area contributed by atoms with Crippen LogP contribution in [0.25, 0.3) is 10.9 Å². The van der Waals surface area contributed by atoms with E-state index < -0.39 is 0 Å². The van der Waals surface area contributed by atoms with Gasteiger partial charge >= 0.3 is 0 Å². The molecule has 2 aromatic heterocycles. The summed E-state index contributed by atoms with van der Waals surface area (Å²) < 4.78 is 13.9. The number of aryl methyl sites for hydroxylation is 1. The van der Waals surface area contributed by atoms with E-state index in [0.717, 1.165) is 12.8 Å². The molecule has 0 saturated carbocycles. The molecule has 1 aliphatic heterocycles. The molecule has 34 heavy (non-hydrogen) atoms. The van der Waals surface area contributed by atoms with E-state index in [1.54, 1.807) is 23.4 Å². The molecule has 0 N–H and O–H groups in total. The fourth-order valence-corrected chi connectivity index (χ4v) is 4.95. The molecule has 0 radical (unpaired) electrons. The molecule has 2 aliphatic rings. The van der Waals surface area contributed by atoms with Gasteiger partial charge in [-0.2, -0.15) is 0 Å². The Hall–Kier alpha value is -3.19. The highest BCUT2D eigenvalue weighted by Gasteiger charge is 2.29. The summed E-state index contributed by atoms with van der Waals surface area (Å²) in [6, 6.07) is 10.0. The predicted molar refractivity (Wildman–Crippen MR) is 130 cm³/mol. The first-order valence-corrected chi connectivity index (χ1v) is 12.1. The van der Waals surface area contributed by atoms with Crippen molar-refractivity contribution in [3.63, 3.8) is 0 Å². The highest BCUT2D eigenvalue weighted by Crippen LogP contribution is 2.26. The first kappa shape index (κ1) is 22.6. The maximum Gasteiger partial charge on any atom is 0.259 e. The van der Waals surface area contributed by atoms with Gasteiger partial charge in [0.15, 0.2) is 0 Å². The zero-order valence-corrected chi connectivity index (χ0v) is 20.0. The average Bonchev–Trinajstić information content (AvgIpc) is 3.26. The zero-order chi connectivity index (χ0) is 23.8. The van der Waals surface area contributed by atoms with E-state index in [0.29, 0.717) is 48.9 Å². The molecule has 7 heteroatoms. The number of amides is 1. The molecule has 1 aliphatic carbocycles. The number of aromatic nitrogens is 2. The van der Waals surface area contributed by atoms with Gasteiger partial charge in [0.1, 0.15) is 11.7 Å². The topological polar surface area (TPSA) is 73.7 Å². The minimum Gasteiger partial charge on any atom is -0.474 e. The summed E-state index contributed by atoms with van der Waals surface area (Å²) in [5.74, 6) is 0.474. The van der Waals surface area contributed by atoms with E-state index in [4.69, 9.17) is 9.47 Å². The number of benzene rings is 1. The molecule has 0 bridgehead atoms. The van der Waals surface area contributed by atoms with Crippen LogP contribution in [0.3, 0.4) is 0 Å². The Bertz CT molecular complexity index is 1260. The summed E-state index contributed by atoms with van der Waals surface area (Å²) in [5.41, 5.74) is 3.19. The van der Waals surface area contributed by atoms with E-state index in [1.165, 1.54) is 11.1 Å². The van der Waals surface area contributed by atoms with Crippen molar-refractivity contribution in [1.82, 2.24) is 14.5 Å². The van der Waals surface area contributed by atoms with E-state index in [-0.39, 0.29) is 29.1 Å². The third kappa shape index (κ3) is 4.20. The van der Waals surface area contributed by atoms with Crippen molar-refractivity contribution in [2.45, 2.75) is 52.4 Å². The second-order valence-electron chi connectivity index (χ2n) is 9.52. The number of nitrogens with zero attached hydrogens (tertiary/aromatic N) is 3. The van der Waals surface area contributed by atoms with Gasteiger partial charge in [-0.05, 0) is 24.0 Å². The fourth-order valence-electron chi connectivity index (χ4n) is 4.95. The van der Waals surface area contributed by atoms with Gasteiger partial charge in [0.05, 0.1) is 29.8 Å². The van der Waals surface area contributed by atoms with E-state index in [9.17, 15) is 9.59 Å². The summed E-state index contributed by atoms with van der Waals surface area (Å²) in [4.78, 5) is 33.1. The van der Waals surface area contributed by atoms with Crippen LogP contribution in [0.4, 0.5) is 0 Å². The lowest BCUT2D eigenvalue weighted by atomic mass is 10.0. The molecule has 1 amide bonds. The van der Waals surface area contributed by atoms with Gasteiger partial charge in [0.2, 0.25) is 11.3 Å². The number of morpholine rings is 1. The summed E-state index contributed by atoms with van der Waals surface area (Å²) >= 11 is 0. The van der Waals surface area contributed by atoms with Crippen LogP contribution in [-0.4, -0.2) is 52.3 Å². The number of carbonyl (C=O) groups excluding carboxylic acids is 1. The van der Waals surface area contributed by atoms with Crippen LogP contribution in [-0.2, 0) is 24.1 Å². The van der Waals surface area contributed by atoms with Crippen LogP contribution in [0, 0.1) is 5.92 Å². The Balaban J connectivity index is 1.45. The van der Waals surface area contributed by atoms with Gasteiger partial charge in [-0.15, -0.1) is 0 Å². The smallest absolute Gasteiger partial charge is 0.259 e. The largest absolute Gasteiger partial charge is 0.474 e. The Morgan fingerprint density at radius 1 is 1.24 bits per heavy atom. The lowest BCUT2D eigenvalue weighted by molar-refractivity contribution is -0.0421. The molecule has 3 heterocycles. The molecule has 1 fully saturated rings. The van der Waals surface area contributed by atoms with Crippen LogP contribution in [0.15, 0.2) is 47.5 Å². The molecular formula is C27H31N3O4. The Morgan fingerprint density at radius 3 is 2.65 bits per heavy atom. The number of hydrogen-bond donors (Lipinski definition) is 0. The average molecular weight is 462 g/mol. The monoisotopic (exact) mass is 461 g/mol. The van der Waals surface area contributed by atoms with Crippen molar-refractivity contribution in [2.24, 2.45) is 5.92 Å². The lowest BCUT2D eigenvalue weighted by Gasteiger charge is -2.35. The van der Waals surface area contributed by atoms with Gasteiger partial charge < -0.3 is 18.9 Å². The normalized spacial score (nSPS) is 18.5. The Labute approximate surface area is 199 Å². The number of pyridine rings is 2. The Kier molecular flexibility index (Phi) is 6.13. The van der Waals surface area contributed by atoms with Crippen molar-refractivity contribution in [3.8, 4) is 5.88 Å². The van der Waals surface area contributed by atoms with Gasteiger partial charge in [-0.3, -0.25) is 9.59 Å². The maximum atomic E-state index is 13.5. The third-order valence-corrected chi connectivity index (χ3v) is 6.94. The number of fused-ring (bicyclic) bond motifs is 2. The highest BCUT2D eigenvalue weighted by molar-refractivity contribution is 5.97. The van der Waals surface area contributed by atoms with Crippen molar-refractivity contribution < 1.29 is 14.3 Å². The number of rotatable bonds is 5. The standard InChI is InChI=1S/C27H31N3O4/c1-4-29-15-22(27(32)30-9-10-33-24(16-30)17(2)3)26(31)21-13-25(28-14-23(21)29)34-20-11-18-7-5-6-8-19(18)12-20/h5-8,13-15,17,20,24H,4,9-12,16H2,1-3H3. The summed E-state index contributed by atoms with van der Waals surface area (Å²) in [7, 11) is 0. The highest BCUT2D eigenvalue weighted by atomic mass is 16.5. The SMILES string of the molecule is CCn1cc(C(=O)N2CCOC(C(C)C)C2)c(=O)c2cc(OC3Cc4ccccc4C3)ncc21. The van der Waals surface area contributed by atoms with Crippen LogP contribution in [0.1, 0.15) is 42.3 Å². The minimum absolute atomic E-state index is 0.0121. The number of ether oxygens (including phenoxy) is 2. The number of hydrogen-bond acceptors (Lipinski definition) is 5. The van der Waals surface area contributed by atoms with E-state index >= 15 is 0 Å². The predicted octanol–water partition coefficient (Wildman–Crippen LogP) is 3.46. The lowest BCUT2D eigenvalue weighted by Crippen LogP contribution is -2.48. The second-order valence-corrected chi connectivity index (χ2v) is 9.52. The third-order valence-electron chi connectivity index (χ3n) is 6.94. The van der Waals surface area contributed by atoms with Crippen LogP contribution >= 0.6 is 0 Å². The minimum atomic E-state index is -0.278. The summed E-state index contributed by atoms with van der Waals surface area (Å²) in [6.07, 6.45) is 4.95. The van der Waals surface area contributed by atoms with Crippen molar-refractivity contribution in [3.05, 3.63) is 69.6 Å². The molecule has 1 aromatic carbocycles. The Morgan fingerprint density at radius 2 is 1.97 bits per heavy atom. The van der Waals surface area contributed by atoms with Crippen molar-refractivity contribution in [1.29, 1.82) is 0 Å². The zero-order valence-electron chi connectivity index (χ0n) is 20.0. The first-order valence-electron chi connectivity index (χ1n) is 12.1. The maximum absolute atomic E-state index is 13.5. The molecule has 178 valence electrons. The molecular weight excluding hydrogens is 430 g/mol. The quantitative estimate of drug-likeness (QED) is 0.582. The molecule has 1 unspecified atom stereocenters. The van der Waals surface area contributed by atoms with Crippen molar-refractivity contribution in [2.75, 3.05) is 19.7 Å². The molecule has 0 spiro atoms. The molecule has 3 aromatic rings. The first-order chi connectivity index (χ1) is 16.4. The molecule has 5 rings (SSSR count). The molecule has 7 nitrogen and oxygen atoms in total. The van der Waals surface area contributed by atoms with Gasteiger partial charge in [0.25, 0.3) is 5.91 Å². The van der Waals surface area contributed by atoms with E-state index in [1.807, 2.05) is 23.6 Å². The van der Waals surface area contributed by atoms with E-state index in [2.05, 4.69) is 31.0 Å². The van der Waals surface area contributed by atoms with Gasteiger partial charge in [0, 0.05) is 44.7 Å². The van der Waals surface area contributed by atoms with Crippen LogP contribution in [0.2, 0.25) is 0 Å². The second kappa shape index (κ2) is 9.22. The van der Waals surface area contributed by atoms with Crippen molar-refractivity contribution >= 4 is 16.8 Å². The van der Waals surface area contributed by atoms with Crippen LogP contribution < -0.4 is 10.2 Å². The number of carbonyl (C=O) groups is 1. The van der Waals surface area contributed by atoms with Gasteiger partial charge in [-0.25, -0.2) is 4.98 Å². The fraction of sp³-hybridized carbons (Fsp3) is 0.444. The van der Waals surface area contributed by atoms with Crippen LogP contribution in [0.5, 0.6) is 5.88 Å². The summed E-state index contributed by atoms with van der Waals surface area (Å²) in [6.45, 7) is 8.23. The van der Waals surface area contributed by atoms with Gasteiger partial charge in [-0.1, -0.05) is 38.1 Å². The summed E-state index contributed by atoms with van der Waals surface area (Å²) in [5, 5.41) is 0.460.